The number of carbonyl (C=O) groups excluding carboxylic acids is 1. The third kappa shape index (κ3) is 4.74. The number of alkyl halides is 3. The molecule has 0 aliphatic carbocycles. The summed E-state index contributed by atoms with van der Waals surface area (Å²) in [7, 11) is 0. The number of amides is 1. The normalized spacial score (nSPS) is 11.8. The molecule has 0 spiro atoms. The molecule has 0 saturated heterocycles. The van der Waals surface area contributed by atoms with Crippen LogP contribution in [0.3, 0.4) is 0 Å². The number of benzene rings is 1. The summed E-state index contributed by atoms with van der Waals surface area (Å²) in [6.07, 6.45) is -3.46. The summed E-state index contributed by atoms with van der Waals surface area (Å²) in [6, 6.07) is 6.32. The zero-order valence-electron chi connectivity index (χ0n) is 18.3. The lowest BCUT2D eigenvalue weighted by Gasteiger charge is -2.23. The van der Waals surface area contributed by atoms with Crippen LogP contribution in [0.25, 0.3) is 5.65 Å². The van der Waals surface area contributed by atoms with Gasteiger partial charge in [0.15, 0.2) is 15.9 Å². The molecule has 0 radical (unpaired) electrons. The number of aromatic nitrogens is 4. The fourth-order valence-corrected chi connectivity index (χ4v) is 5.44. The van der Waals surface area contributed by atoms with Gasteiger partial charge in [0.1, 0.15) is 0 Å². The number of fused-ring (bicyclic) bond motifs is 1. The highest BCUT2D eigenvalue weighted by Gasteiger charge is 2.31. The van der Waals surface area contributed by atoms with Gasteiger partial charge in [0, 0.05) is 24.3 Å². The van der Waals surface area contributed by atoms with E-state index >= 15 is 0 Å². The van der Waals surface area contributed by atoms with E-state index in [1.54, 1.807) is 4.90 Å². The smallest absolute Gasteiger partial charge is 0.277 e. The number of halogens is 3. The maximum atomic E-state index is 13.1. The van der Waals surface area contributed by atoms with Crippen molar-refractivity contribution in [2.45, 2.75) is 44.8 Å². The molecular formula is C22H20F3N5OS2. The zero-order valence-corrected chi connectivity index (χ0v) is 19.9. The van der Waals surface area contributed by atoms with Gasteiger partial charge in [-0.15, -0.1) is 21.5 Å². The van der Waals surface area contributed by atoms with Crippen LogP contribution >= 0.6 is 23.1 Å². The van der Waals surface area contributed by atoms with E-state index in [1.807, 2.05) is 38.3 Å². The van der Waals surface area contributed by atoms with Gasteiger partial charge in [-0.1, -0.05) is 29.5 Å². The Bertz CT molecular complexity index is 1320. The largest absolute Gasteiger partial charge is 0.417 e. The van der Waals surface area contributed by atoms with Crippen LogP contribution < -0.4 is 4.90 Å². The molecule has 1 aromatic carbocycles. The second-order valence-corrected chi connectivity index (χ2v) is 9.42. The second-order valence-electron chi connectivity index (χ2n) is 7.64. The van der Waals surface area contributed by atoms with Gasteiger partial charge in [-0.25, -0.2) is 4.98 Å². The summed E-state index contributed by atoms with van der Waals surface area (Å²) < 4.78 is 40.5. The van der Waals surface area contributed by atoms with E-state index in [1.165, 1.54) is 40.5 Å². The van der Waals surface area contributed by atoms with E-state index in [4.69, 9.17) is 0 Å². The van der Waals surface area contributed by atoms with Gasteiger partial charge < -0.3 is 0 Å². The molecule has 4 aromatic rings. The van der Waals surface area contributed by atoms with Crippen LogP contribution in [0.5, 0.6) is 0 Å². The van der Waals surface area contributed by atoms with E-state index in [-0.39, 0.29) is 5.91 Å². The van der Waals surface area contributed by atoms with Gasteiger partial charge in [-0.05, 0) is 44.0 Å². The summed E-state index contributed by atoms with van der Waals surface area (Å²) in [5.41, 5.74) is 4.13. The van der Waals surface area contributed by atoms with Gasteiger partial charge in [0.25, 0.3) is 0 Å². The molecule has 0 aliphatic rings. The Morgan fingerprint density at radius 3 is 2.48 bits per heavy atom. The molecule has 33 heavy (non-hydrogen) atoms. The first-order valence-corrected chi connectivity index (χ1v) is 11.8. The first kappa shape index (κ1) is 23.2. The van der Waals surface area contributed by atoms with E-state index in [2.05, 4.69) is 15.2 Å². The summed E-state index contributed by atoms with van der Waals surface area (Å²) in [6.45, 7) is 7.42. The first-order valence-electron chi connectivity index (χ1n) is 9.92. The van der Waals surface area contributed by atoms with Gasteiger partial charge in [-0.2, -0.15) is 13.2 Å². The van der Waals surface area contributed by atoms with Crippen LogP contribution in [-0.2, 0) is 16.7 Å². The monoisotopic (exact) mass is 491 g/mol. The van der Waals surface area contributed by atoms with E-state index in [0.29, 0.717) is 27.4 Å². The van der Waals surface area contributed by atoms with Crippen molar-refractivity contribution in [3.63, 3.8) is 0 Å². The number of hydrogen-bond acceptors (Lipinski definition) is 6. The molecule has 0 atom stereocenters. The van der Waals surface area contributed by atoms with Crippen molar-refractivity contribution in [1.82, 2.24) is 19.6 Å². The van der Waals surface area contributed by atoms with Crippen LogP contribution in [0.2, 0.25) is 0 Å². The lowest BCUT2D eigenvalue weighted by Crippen LogP contribution is -2.24. The van der Waals surface area contributed by atoms with E-state index in [9.17, 15) is 18.0 Å². The Kier molecular flexibility index (Phi) is 6.19. The second kappa shape index (κ2) is 8.79. The van der Waals surface area contributed by atoms with Crippen molar-refractivity contribution in [2.75, 3.05) is 4.90 Å². The molecule has 0 N–H and O–H groups in total. The quantitative estimate of drug-likeness (QED) is 0.315. The highest BCUT2D eigenvalue weighted by molar-refractivity contribution is 7.98. The standard InChI is InChI=1S/C22H20F3N5OS2/c1-12-7-13(2)19(14(3)8-12)30(15(4)31)20-26-17(10-32-20)11-33-21-28-27-18-6-5-16(9-29(18)21)22(23,24)25/h5-10H,11H2,1-4H3. The lowest BCUT2D eigenvalue weighted by molar-refractivity contribution is -0.137. The average Bonchev–Trinajstić information content (AvgIpc) is 3.34. The number of pyridine rings is 1. The third-order valence-corrected chi connectivity index (χ3v) is 6.80. The minimum atomic E-state index is -4.45. The van der Waals surface area contributed by atoms with Crippen molar-refractivity contribution in [1.29, 1.82) is 0 Å². The minimum Gasteiger partial charge on any atom is -0.277 e. The topological polar surface area (TPSA) is 63.4 Å². The molecule has 0 aliphatic heterocycles. The van der Waals surface area contributed by atoms with Gasteiger partial charge in [0.05, 0.1) is 16.9 Å². The van der Waals surface area contributed by atoms with E-state index in [0.717, 1.165) is 34.6 Å². The number of hydrogen-bond donors (Lipinski definition) is 0. The molecule has 4 rings (SSSR count). The fourth-order valence-electron chi connectivity index (χ4n) is 3.65. The van der Waals surface area contributed by atoms with Crippen LogP contribution in [-0.4, -0.2) is 25.5 Å². The molecule has 172 valence electrons. The Morgan fingerprint density at radius 2 is 1.85 bits per heavy atom. The SMILES string of the molecule is CC(=O)N(c1nc(CSc2nnc3ccc(C(F)(F)F)cn23)cs1)c1c(C)cc(C)cc1C. The van der Waals surface area contributed by atoms with E-state index < -0.39 is 11.7 Å². The van der Waals surface area contributed by atoms with Crippen molar-refractivity contribution >= 4 is 45.5 Å². The molecule has 0 unspecified atom stereocenters. The van der Waals surface area contributed by atoms with Crippen molar-refractivity contribution in [3.05, 3.63) is 63.8 Å². The van der Waals surface area contributed by atoms with Gasteiger partial charge in [0.2, 0.25) is 5.91 Å². The molecule has 1 amide bonds. The fraction of sp³-hybridized carbons (Fsp3) is 0.273. The zero-order chi connectivity index (χ0) is 23.9. The van der Waals surface area contributed by atoms with Crippen LogP contribution in [0, 0.1) is 20.8 Å². The number of anilines is 2. The molecule has 0 fully saturated rings. The predicted octanol–water partition coefficient (Wildman–Crippen LogP) is 6.11. The number of rotatable bonds is 5. The summed E-state index contributed by atoms with van der Waals surface area (Å²) in [4.78, 5) is 18.7. The van der Waals surface area contributed by atoms with Crippen LogP contribution in [0.15, 0.2) is 41.0 Å². The summed E-state index contributed by atoms with van der Waals surface area (Å²) in [5.74, 6) is 0.215. The molecule has 11 heteroatoms. The van der Waals surface area contributed by atoms with Crippen molar-refractivity contribution in [2.24, 2.45) is 0 Å². The lowest BCUT2D eigenvalue weighted by atomic mass is 10.0. The number of thiazole rings is 1. The van der Waals surface area contributed by atoms with Gasteiger partial charge >= 0.3 is 6.18 Å². The summed E-state index contributed by atoms with van der Waals surface area (Å²) in [5, 5.41) is 10.6. The van der Waals surface area contributed by atoms with Crippen molar-refractivity contribution < 1.29 is 18.0 Å². The predicted molar refractivity (Wildman–Crippen MR) is 123 cm³/mol. The third-order valence-electron chi connectivity index (χ3n) is 4.95. The van der Waals surface area contributed by atoms with Crippen molar-refractivity contribution in [3.8, 4) is 0 Å². The highest BCUT2D eigenvalue weighted by atomic mass is 32.2. The number of thioether (sulfide) groups is 1. The molecule has 0 saturated carbocycles. The number of carbonyl (C=O) groups is 1. The Hall–Kier alpha value is -2.92. The average molecular weight is 492 g/mol. The first-order chi connectivity index (χ1) is 15.5. The number of aryl methyl sites for hydroxylation is 3. The minimum absolute atomic E-state index is 0.151. The molecule has 6 nitrogen and oxygen atoms in total. The highest BCUT2D eigenvalue weighted by Crippen LogP contribution is 2.36. The molecule has 0 bridgehead atoms. The van der Waals surface area contributed by atoms with Gasteiger partial charge in [-0.3, -0.25) is 14.1 Å². The molecular weight excluding hydrogens is 471 g/mol. The van der Waals surface area contributed by atoms with Crippen LogP contribution in [0.4, 0.5) is 24.0 Å². The van der Waals surface area contributed by atoms with Crippen LogP contribution in [0.1, 0.15) is 34.9 Å². The maximum Gasteiger partial charge on any atom is 0.417 e. The Labute approximate surface area is 196 Å². The number of nitrogens with zero attached hydrogens (tertiary/aromatic N) is 5. The Balaban J connectivity index is 1.59. The Morgan fingerprint density at radius 1 is 1.15 bits per heavy atom. The molecule has 3 heterocycles. The molecule has 3 aromatic heterocycles. The summed E-state index contributed by atoms with van der Waals surface area (Å²) >= 11 is 2.57. The maximum absolute atomic E-state index is 13.1.